The number of rotatable bonds is 8. The van der Waals surface area contributed by atoms with Crippen molar-refractivity contribution in [1.29, 1.82) is 0 Å². The van der Waals surface area contributed by atoms with Crippen molar-refractivity contribution in [3.05, 3.63) is 77.2 Å². The second-order valence-corrected chi connectivity index (χ2v) is 7.33. The van der Waals surface area contributed by atoms with Crippen molar-refractivity contribution in [1.82, 2.24) is 4.98 Å². The third-order valence-corrected chi connectivity index (χ3v) is 4.87. The van der Waals surface area contributed by atoms with E-state index < -0.39 is 35.6 Å². The van der Waals surface area contributed by atoms with E-state index in [1.807, 2.05) is 0 Å². The molecule has 0 unspecified atom stereocenters. The summed E-state index contributed by atoms with van der Waals surface area (Å²) in [4.78, 5) is 15.1. The summed E-state index contributed by atoms with van der Waals surface area (Å²) in [5.41, 5.74) is 0.161. The van der Waals surface area contributed by atoms with Crippen LogP contribution >= 0.6 is 0 Å². The van der Waals surface area contributed by atoms with Gasteiger partial charge in [0, 0.05) is 29.5 Å². The fraction of sp³-hybridized carbons (Fsp3) is 0.217. The van der Waals surface area contributed by atoms with Gasteiger partial charge in [0.05, 0.1) is 12.2 Å². The van der Waals surface area contributed by atoms with Crippen LogP contribution in [0.3, 0.4) is 0 Å². The van der Waals surface area contributed by atoms with Crippen molar-refractivity contribution >= 4 is 5.97 Å². The van der Waals surface area contributed by atoms with Crippen LogP contribution in [0.4, 0.5) is 13.2 Å². The smallest absolute Gasteiger partial charge is 0.338 e. The summed E-state index contributed by atoms with van der Waals surface area (Å²) < 4.78 is 53.0. The van der Waals surface area contributed by atoms with E-state index in [9.17, 15) is 18.0 Å². The Kier molecular flexibility index (Phi) is 5.79. The van der Waals surface area contributed by atoms with Gasteiger partial charge in [-0.2, -0.15) is 0 Å². The number of carboxylic acids is 1. The molecular weight excluding hydrogens is 411 g/mol. The van der Waals surface area contributed by atoms with Crippen LogP contribution in [0.5, 0.6) is 11.6 Å². The molecule has 1 aromatic heterocycles. The average Bonchev–Trinajstić information content (AvgIpc) is 3.57. The second kappa shape index (κ2) is 8.67. The van der Waals surface area contributed by atoms with Crippen molar-refractivity contribution in [3.8, 4) is 22.8 Å². The number of aromatic nitrogens is 1. The molecule has 1 fully saturated rings. The lowest BCUT2D eigenvalue weighted by atomic mass is 10.1. The molecular formula is C23H18F3NO4. The number of carboxylic acid groups (broad SMARTS) is 1. The Morgan fingerprint density at radius 2 is 1.81 bits per heavy atom. The van der Waals surface area contributed by atoms with E-state index in [0.717, 1.165) is 12.1 Å². The maximum Gasteiger partial charge on any atom is 0.338 e. The normalized spacial score (nSPS) is 13.1. The molecule has 0 saturated heterocycles. The first kappa shape index (κ1) is 20.7. The lowest BCUT2D eigenvalue weighted by molar-refractivity contribution is 0.0691. The van der Waals surface area contributed by atoms with Gasteiger partial charge in [-0.25, -0.2) is 22.9 Å². The van der Waals surface area contributed by atoms with Gasteiger partial charge in [0.1, 0.15) is 29.8 Å². The van der Waals surface area contributed by atoms with E-state index in [4.69, 9.17) is 14.6 Å². The minimum absolute atomic E-state index is 0.103. The molecule has 160 valence electrons. The zero-order valence-electron chi connectivity index (χ0n) is 16.3. The molecule has 0 amide bonds. The number of aromatic carboxylic acids is 1. The van der Waals surface area contributed by atoms with Crippen LogP contribution in [0.25, 0.3) is 11.1 Å². The number of hydrogen-bond acceptors (Lipinski definition) is 4. The van der Waals surface area contributed by atoms with Crippen molar-refractivity contribution < 1.29 is 32.5 Å². The summed E-state index contributed by atoms with van der Waals surface area (Å²) in [6.07, 6.45) is 3.90. The first-order valence-corrected chi connectivity index (χ1v) is 9.63. The molecule has 0 atom stereocenters. The average molecular weight is 429 g/mol. The number of ether oxygens (including phenoxy) is 2. The lowest BCUT2D eigenvalue weighted by Crippen LogP contribution is -2.06. The van der Waals surface area contributed by atoms with E-state index >= 15 is 0 Å². The van der Waals surface area contributed by atoms with Crippen LogP contribution in [-0.4, -0.2) is 22.7 Å². The summed E-state index contributed by atoms with van der Waals surface area (Å²) in [7, 11) is 0. The van der Waals surface area contributed by atoms with Gasteiger partial charge in [0.15, 0.2) is 0 Å². The maximum atomic E-state index is 14.1. The maximum absolute atomic E-state index is 14.1. The number of halogens is 3. The fourth-order valence-electron chi connectivity index (χ4n) is 2.96. The van der Waals surface area contributed by atoms with E-state index in [0.29, 0.717) is 35.6 Å². The van der Waals surface area contributed by atoms with E-state index in [1.165, 1.54) is 18.9 Å². The Hall–Kier alpha value is -3.55. The van der Waals surface area contributed by atoms with Crippen molar-refractivity contribution in [2.45, 2.75) is 19.4 Å². The van der Waals surface area contributed by atoms with Crippen molar-refractivity contribution in [3.63, 3.8) is 0 Å². The summed E-state index contributed by atoms with van der Waals surface area (Å²) in [6.45, 7) is 0.229. The monoisotopic (exact) mass is 429 g/mol. The van der Waals surface area contributed by atoms with Crippen LogP contribution in [0.2, 0.25) is 0 Å². The van der Waals surface area contributed by atoms with Gasteiger partial charge in [0.25, 0.3) is 0 Å². The predicted octanol–water partition coefficient (Wildman–Crippen LogP) is 5.23. The zero-order valence-corrected chi connectivity index (χ0v) is 16.3. The SMILES string of the molecule is O=C(O)c1cc(F)c(COc2cc(F)cc(-c3ccc(OCC4CC4)nc3)c2)cc1F. The van der Waals surface area contributed by atoms with E-state index in [1.54, 1.807) is 24.4 Å². The molecule has 3 aromatic rings. The Morgan fingerprint density at radius 3 is 2.48 bits per heavy atom. The molecule has 0 aliphatic heterocycles. The number of carbonyl (C=O) groups is 1. The molecule has 1 aliphatic rings. The van der Waals surface area contributed by atoms with Crippen molar-refractivity contribution in [2.75, 3.05) is 6.61 Å². The van der Waals surface area contributed by atoms with Gasteiger partial charge in [-0.15, -0.1) is 0 Å². The van der Waals surface area contributed by atoms with Gasteiger partial charge < -0.3 is 14.6 Å². The Morgan fingerprint density at radius 1 is 1.00 bits per heavy atom. The van der Waals surface area contributed by atoms with E-state index in [2.05, 4.69) is 4.98 Å². The number of hydrogen-bond donors (Lipinski definition) is 1. The van der Waals surface area contributed by atoms with Crippen LogP contribution < -0.4 is 9.47 Å². The van der Waals surface area contributed by atoms with Crippen LogP contribution in [0.1, 0.15) is 28.8 Å². The highest BCUT2D eigenvalue weighted by Gasteiger charge is 2.22. The summed E-state index contributed by atoms with van der Waals surface area (Å²) in [5, 5.41) is 8.84. The quantitative estimate of drug-likeness (QED) is 0.531. The van der Waals surface area contributed by atoms with E-state index in [-0.39, 0.29) is 11.3 Å². The topological polar surface area (TPSA) is 68.7 Å². The molecule has 1 heterocycles. The van der Waals surface area contributed by atoms with Gasteiger partial charge in [0.2, 0.25) is 5.88 Å². The third-order valence-electron chi connectivity index (χ3n) is 4.87. The summed E-state index contributed by atoms with van der Waals surface area (Å²) >= 11 is 0. The van der Waals surface area contributed by atoms with Gasteiger partial charge in [-0.05, 0) is 54.7 Å². The molecule has 8 heteroatoms. The highest BCUT2D eigenvalue weighted by atomic mass is 19.1. The molecule has 0 bridgehead atoms. The molecule has 1 N–H and O–H groups in total. The van der Waals surface area contributed by atoms with Crippen LogP contribution in [0, 0.1) is 23.4 Å². The van der Waals surface area contributed by atoms with Gasteiger partial charge in [-0.3, -0.25) is 0 Å². The number of benzene rings is 2. The zero-order chi connectivity index (χ0) is 22.0. The first-order valence-electron chi connectivity index (χ1n) is 9.63. The molecule has 0 radical (unpaired) electrons. The molecule has 2 aromatic carbocycles. The minimum Gasteiger partial charge on any atom is -0.489 e. The Labute approximate surface area is 176 Å². The van der Waals surface area contributed by atoms with Crippen LogP contribution in [0.15, 0.2) is 48.7 Å². The fourth-order valence-corrected chi connectivity index (χ4v) is 2.96. The molecule has 31 heavy (non-hydrogen) atoms. The molecule has 0 spiro atoms. The predicted molar refractivity (Wildman–Crippen MR) is 105 cm³/mol. The van der Waals surface area contributed by atoms with Gasteiger partial charge in [-0.1, -0.05) is 0 Å². The largest absolute Gasteiger partial charge is 0.489 e. The highest BCUT2D eigenvalue weighted by Crippen LogP contribution is 2.30. The second-order valence-electron chi connectivity index (χ2n) is 7.33. The Bertz CT molecular complexity index is 1110. The standard InChI is InChI=1S/C23H18F3NO4/c24-17-5-15(14-3-4-22(27-10-14)31-11-13-1-2-13)6-18(8-17)30-12-16-7-21(26)19(23(28)29)9-20(16)25/h3-10,13H,1-2,11-12H2,(H,28,29). The first-order chi connectivity index (χ1) is 14.9. The summed E-state index contributed by atoms with van der Waals surface area (Å²) in [6, 6.07) is 8.75. The minimum atomic E-state index is -1.57. The van der Waals surface area contributed by atoms with Gasteiger partial charge >= 0.3 is 5.97 Å². The Balaban J connectivity index is 1.48. The van der Waals surface area contributed by atoms with Crippen LogP contribution in [-0.2, 0) is 6.61 Å². The number of pyridine rings is 1. The molecule has 1 aliphatic carbocycles. The molecule has 4 rings (SSSR count). The third kappa shape index (κ3) is 5.14. The molecule has 1 saturated carbocycles. The summed E-state index contributed by atoms with van der Waals surface area (Å²) in [5.74, 6) is -2.96. The lowest BCUT2D eigenvalue weighted by Gasteiger charge is -2.11. The van der Waals surface area contributed by atoms with Crippen molar-refractivity contribution in [2.24, 2.45) is 5.92 Å². The molecule has 5 nitrogen and oxygen atoms in total. The highest BCUT2D eigenvalue weighted by molar-refractivity contribution is 5.88. The number of nitrogens with zero attached hydrogens (tertiary/aromatic N) is 1.